The monoisotopic (exact) mass is 835 g/mol. The van der Waals surface area contributed by atoms with Gasteiger partial charge in [0.05, 0.1) is 29.0 Å². The van der Waals surface area contributed by atoms with Crippen molar-refractivity contribution in [2.24, 2.45) is 33.7 Å². The summed E-state index contributed by atoms with van der Waals surface area (Å²) < 4.78 is 12.0. The van der Waals surface area contributed by atoms with E-state index >= 15 is 0 Å². The third-order valence-electron chi connectivity index (χ3n) is 12.1. The van der Waals surface area contributed by atoms with Crippen LogP contribution in [0.4, 0.5) is 5.69 Å². The van der Waals surface area contributed by atoms with Crippen molar-refractivity contribution >= 4 is 34.1 Å². The molecule has 0 aromatic heterocycles. The molecule has 0 radical (unpaired) electrons. The highest BCUT2D eigenvalue weighted by molar-refractivity contribution is 6.16. The predicted octanol–water partition coefficient (Wildman–Crippen LogP) is 6.83. The van der Waals surface area contributed by atoms with Crippen LogP contribution in [0, 0.1) is 30.6 Å². The van der Waals surface area contributed by atoms with Crippen LogP contribution in [0.5, 0.6) is 17.2 Å². The van der Waals surface area contributed by atoms with E-state index in [-0.39, 0.29) is 86.9 Å². The molecule has 5 N–H and O–H groups in total. The highest BCUT2D eigenvalue weighted by atomic mass is 16.5. The number of ketones is 1. The number of carbonyl (C=O) groups excluding carboxylic acids is 3. The van der Waals surface area contributed by atoms with Crippen LogP contribution < -0.4 is 20.8 Å². The van der Waals surface area contributed by atoms with Crippen molar-refractivity contribution in [3.63, 3.8) is 0 Å². The number of Topliss-reactive ketones (excluding diaryl/α,β-unsaturated/α-hetero) is 1. The molecule has 2 aromatic rings. The Hall–Kier alpha value is -4.33. The number of esters is 1. The minimum Gasteiger partial charge on any atom is -0.507 e. The van der Waals surface area contributed by atoms with Gasteiger partial charge in [0, 0.05) is 61.9 Å². The van der Waals surface area contributed by atoms with Crippen molar-refractivity contribution in [3.05, 3.63) is 45.6 Å². The molecule has 6 rings (SSSR count). The quantitative estimate of drug-likeness (QED) is 0.124. The summed E-state index contributed by atoms with van der Waals surface area (Å²) in [5.41, 5.74) is 0.0310. The first-order valence-corrected chi connectivity index (χ1v) is 21.9. The summed E-state index contributed by atoms with van der Waals surface area (Å²) in [7, 11) is 1.00. The molecule has 2 bridgehead atoms. The molecule has 2 aromatic carbocycles. The van der Waals surface area contributed by atoms with Crippen molar-refractivity contribution in [2.75, 3.05) is 32.1 Å². The number of nitrogens with one attached hydrogen (secondary N) is 1. The Labute approximate surface area is 355 Å². The number of allylic oxidation sites excluding steroid dienone is 3. The van der Waals surface area contributed by atoms with E-state index in [4.69, 9.17) is 24.6 Å². The molecule has 1 amide bonds. The molecule has 0 aliphatic carbocycles. The molecule has 4 aliphatic heterocycles. The molecule has 1 unspecified atom stereocenters. The largest absolute Gasteiger partial charge is 0.507 e. The minimum absolute atomic E-state index is 0.00809. The summed E-state index contributed by atoms with van der Waals surface area (Å²) in [5, 5.41) is 46.2. The fourth-order valence-corrected chi connectivity index (χ4v) is 9.09. The summed E-state index contributed by atoms with van der Waals surface area (Å²) in [4.78, 5) is 53.6. The number of phenolic OH excluding ortho intramolecular Hbond substituents is 2. The number of fused-ring (bicyclic) bond motifs is 1. The van der Waals surface area contributed by atoms with Crippen molar-refractivity contribution < 1.29 is 44.3 Å². The fraction of sp³-hybridized carbons (Fsp3) is 0.638. The zero-order chi connectivity index (χ0) is 44.6. The molecule has 332 valence electrons. The molecule has 4 aliphatic rings. The van der Waals surface area contributed by atoms with Crippen LogP contribution in [-0.4, -0.2) is 93.7 Å². The number of hydrogen-bond acceptors (Lipinski definition) is 12. The molecule has 13 nitrogen and oxygen atoms in total. The average molecular weight is 835 g/mol. The number of benzene rings is 2. The summed E-state index contributed by atoms with van der Waals surface area (Å²) >= 11 is 0. The van der Waals surface area contributed by atoms with E-state index in [2.05, 4.69) is 24.1 Å². The molecular formula is C47H70N4O9. The number of phenols is 2. The van der Waals surface area contributed by atoms with Crippen LogP contribution in [0.3, 0.4) is 0 Å². The van der Waals surface area contributed by atoms with Crippen molar-refractivity contribution in [2.45, 2.75) is 145 Å². The summed E-state index contributed by atoms with van der Waals surface area (Å²) in [5.74, 6) is -2.22. The Morgan fingerprint density at radius 2 is 1.65 bits per heavy atom. The predicted molar refractivity (Wildman–Crippen MR) is 234 cm³/mol. The molecule has 4 heterocycles. The molecule has 9 atom stereocenters. The van der Waals surface area contributed by atoms with Crippen LogP contribution in [0.1, 0.15) is 130 Å². The third-order valence-corrected chi connectivity index (χ3v) is 12.1. The summed E-state index contributed by atoms with van der Waals surface area (Å²) in [6.45, 7) is 20.7. The zero-order valence-electron chi connectivity index (χ0n) is 37.7. The number of amides is 1. The van der Waals surface area contributed by atoms with Gasteiger partial charge >= 0.3 is 5.97 Å². The number of aliphatic hydroxyl groups excluding tert-OH is 2. The van der Waals surface area contributed by atoms with Crippen LogP contribution >= 0.6 is 0 Å². The van der Waals surface area contributed by atoms with Gasteiger partial charge in [-0.25, -0.2) is 0 Å². The first-order chi connectivity index (χ1) is 28.5. The lowest BCUT2D eigenvalue weighted by atomic mass is 9.79. The number of nitrogens with zero attached hydrogens (tertiary/aromatic N) is 3. The second-order valence-corrected chi connectivity index (χ2v) is 17.2. The van der Waals surface area contributed by atoms with Gasteiger partial charge in [-0.05, 0) is 77.2 Å². The molecule has 60 heavy (non-hydrogen) atoms. The first-order valence-electron chi connectivity index (χ1n) is 21.9. The van der Waals surface area contributed by atoms with E-state index in [0.717, 1.165) is 26.6 Å². The highest BCUT2D eigenvalue weighted by Crippen LogP contribution is 2.46. The van der Waals surface area contributed by atoms with E-state index in [1.54, 1.807) is 26.8 Å². The number of aromatic hydroxyl groups is 2. The number of aliphatic hydroxyl groups is 2. The molecular weight excluding hydrogens is 765 g/mol. The lowest BCUT2D eigenvalue weighted by molar-refractivity contribution is -0.156. The molecule has 2 saturated heterocycles. The van der Waals surface area contributed by atoms with Gasteiger partial charge in [-0.15, -0.1) is 0 Å². The molecule has 2 fully saturated rings. The minimum atomic E-state index is -0.860. The molecule has 1 spiro atoms. The van der Waals surface area contributed by atoms with Crippen LogP contribution in [-0.2, 0) is 14.3 Å². The standard InChI is InChI=1S/C43H58N4O8.C3H8.CH4O/c1-9-54-41-27(7)38(51)33-32-31(41)30(49)16-11-14-23(3)40(55-28(8)48)26(6)37(50)25(5)19-22(2)13-10-15-24(4)42(53)44-36(39(33)52)35-34(32)45-43(46-35)17-12-18-47-21-29(47)20-43;1-3-2;1-2/h10,13,15,22-23,25-26,29,37,40,50-52H,9,11-12,14,16-21H2,1-8H3,(H,44,53);3H2,1-2H3;2H,1H3/b13-10+,24-15-;;/t22-,23+,25+,26+,29-,37+,40+,43-,47?;;/m0../s1. The Kier molecular flexibility index (Phi) is 16.9. The van der Waals surface area contributed by atoms with E-state index < -0.39 is 35.5 Å². The summed E-state index contributed by atoms with van der Waals surface area (Å²) in [6, 6.07) is 0.318. The normalized spacial score (nSPS) is 30.8. The lowest BCUT2D eigenvalue weighted by Gasteiger charge is -2.35. The number of carbonyl (C=O) groups is 3. The van der Waals surface area contributed by atoms with E-state index in [1.807, 2.05) is 39.8 Å². The van der Waals surface area contributed by atoms with Crippen LogP contribution in [0.2, 0.25) is 0 Å². The lowest BCUT2D eigenvalue weighted by Crippen LogP contribution is -2.40. The van der Waals surface area contributed by atoms with Gasteiger partial charge in [0.25, 0.3) is 5.91 Å². The first kappa shape index (κ1) is 48.3. The molecule has 13 heteroatoms. The zero-order valence-corrected chi connectivity index (χ0v) is 37.7. The van der Waals surface area contributed by atoms with Gasteiger partial charge in [-0.2, -0.15) is 0 Å². The van der Waals surface area contributed by atoms with Gasteiger partial charge in [-0.1, -0.05) is 66.2 Å². The maximum absolute atomic E-state index is 14.6. The second kappa shape index (κ2) is 21.0. The average Bonchev–Trinajstić information content (AvgIpc) is 3.86. The maximum Gasteiger partial charge on any atom is 0.302 e. The SMILES string of the molecule is CCC.CCOc1c(C)c(O)c2c(O)c3c4c(c2c1C(=O)CCC[C@@H](C)[C@@H](OC(C)=O)[C@H](C)[C@H](O)[C@H](C)C[C@@H](C)/C=C/C=C(/C)C(=O)N3)=N[C@@]1(CCCN2C[C@@H]2C1)N=4.CO. The highest BCUT2D eigenvalue weighted by Gasteiger charge is 2.46. The van der Waals surface area contributed by atoms with Crippen molar-refractivity contribution in [1.29, 1.82) is 0 Å². The van der Waals surface area contributed by atoms with Gasteiger partial charge in [-0.3, -0.25) is 29.3 Å². The van der Waals surface area contributed by atoms with Gasteiger partial charge in [0.2, 0.25) is 0 Å². The van der Waals surface area contributed by atoms with Gasteiger partial charge in [0.15, 0.2) is 17.2 Å². The van der Waals surface area contributed by atoms with Gasteiger partial charge in [0.1, 0.15) is 28.6 Å². The maximum atomic E-state index is 14.6. The number of rotatable bonds is 3. The Balaban J connectivity index is 0.00000152. The van der Waals surface area contributed by atoms with E-state index in [1.165, 1.54) is 13.3 Å². The Bertz CT molecular complexity index is 2080. The third kappa shape index (κ3) is 10.6. The Morgan fingerprint density at radius 3 is 2.30 bits per heavy atom. The van der Waals surface area contributed by atoms with Crippen molar-refractivity contribution in [3.8, 4) is 17.2 Å². The number of hydrogen-bond donors (Lipinski definition) is 5. The topological polar surface area (TPSA) is 190 Å². The van der Waals surface area contributed by atoms with Crippen LogP contribution in [0.25, 0.3) is 10.8 Å². The molecule has 0 saturated carbocycles. The number of anilines is 1. The smallest absolute Gasteiger partial charge is 0.302 e. The van der Waals surface area contributed by atoms with E-state index in [9.17, 15) is 29.7 Å². The van der Waals surface area contributed by atoms with Gasteiger partial charge < -0.3 is 35.2 Å². The number of ether oxygens (including phenoxy) is 2. The van der Waals surface area contributed by atoms with Crippen LogP contribution in [0.15, 0.2) is 33.8 Å². The second-order valence-electron chi connectivity index (χ2n) is 17.2. The summed E-state index contributed by atoms with van der Waals surface area (Å²) in [6.07, 6.45) is 9.28. The van der Waals surface area contributed by atoms with E-state index in [0.29, 0.717) is 49.1 Å². The van der Waals surface area contributed by atoms with Crippen molar-refractivity contribution in [1.82, 2.24) is 4.90 Å². The fourth-order valence-electron chi connectivity index (χ4n) is 9.09. The Morgan fingerprint density at radius 1 is 0.983 bits per heavy atom.